The van der Waals surface area contributed by atoms with Crippen molar-refractivity contribution in [2.24, 2.45) is 43.3 Å². The van der Waals surface area contributed by atoms with Crippen LogP contribution in [0.2, 0.25) is 0 Å². The second-order valence-corrected chi connectivity index (χ2v) is 34.5. The summed E-state index contributed by atoms with van der Waals surface area (Å²) < 4.78 is 31.3. The van der Waals surface area contributed by atoms with Crippen LogP contribution < -0.4 is 0 Å². The van der Waals surface area contributed by atoms with E-state index in [0.717, 1.165) is 66.4 Å². The molecule has 0 atom stereocenters. The first kappa shape index (κ1) is 124. The maximum absolute atomic E-state index is 8.98. The van der Waals surface area contributed by atoms with Crippen molar-refractivity contribution in [3.63, 3.8) is 0 Å². The Hall–Kier alpha value is -3.42. The third-order valence-electron chi connectivity index (χ3n) is 18.7. The third-order valence-corrected chi connectivity index (χ3v) is 26.9. The van der Waals surface area contributed by atoms with Gasteiger partial charge >= 0.3 is 49.2 Å². The number of hydrogen-bond donors (Lipinski definition) is 8. The zero-order chi connectivity index (χ0) is 86.9. The summed E-state index contributed by atoms with van der Waals surface area (Å²) in [6, 6.07) is 0. The van der Waals surface area contributed by atoms with E-state index in [0.29, 0.717) is 48.8 Å². The highest BCUT2D eigenvalue weighted by atomic mass is 32.2. The zero-order valence-corrected chi connectivity index (χ0v) is 72.7. The molecule has 112 heavy (non-hydrogen) atoms. The highest BCUT2D eigenvalue weighted by Gasteiger charge is 2.37. The Labute approximate surface area is 690 Å². The van der Waals surface area contributed by atoms with Gasteiger partial charge in [-0.05, 0) is 87.9 Å². The summed E-state index contributed by atoms with van der Waals surface area (Å²) in [4.78, 5) is 130. The minimum Gasteiger partial charge on any atom is -0.396 e. The Balaban J connectivity index is -0.000000177. The summed E-state index contributed by atoms with van der Waals surface area (Å²) in [7, 11) is 0. The Bertz CT molecular complexity index is 1870. The first-order chi connectivity index (χ1) is 53.9. The van der Waals surface area contributed by atoms with E-state index in [1.165, 1.54) is 176 Å². The molecule has 6 heterocycles. The summed E-state index contributed by atoms with van der Waals surface area (Å²) in [6.07, 6.45) is 36.7. The molecular weight excluding hydrogens is 1590 g/mol. The monoisotopic (exact) mass is 1720 g/mol. The Kier molecular flexibility index (Phi) is 99.7. The van der Waals surface area contributed by atoms with Crippen molar-refractivity contribution in [1.29, 1.82) is 0 Å². The van der Waals surface area contributed by atoms with Gasteiger partial charge in [0.1, 0.15) is 13.6 Å². The number of aliphatic hydroxyl groups is 8. The van der Waals surface area contributed by atoms with Crippen molar-refractivity contribution >= 4 is 120 Å². The molecule has 0 aromatic carbocycles. The van der Waals surface area contributed by atoms with Crippen LogP contribution >= 0.6 is 70.6 Å². The molecule has 6 aliphatic heterocycles. The van der Waals surface area contributed by atoms with Gasteiger partial charge in [-0.3, -0.25) is 0 Å². The zero-order valence-electron chi connectivity index (χ0n) is 67.8. The van der Waals surface area contributed by atoms with Crippen molar-refractivity contribution in [1.82, 2.24) is 0 Å². The average molecular weight is 1720 g/mol. The molecule has 8 aliphatic rings. The van der Waals surface area contributed by atoms with Crippen LogP contribution in [-0.4, -0.2) is 253 Å². The van der Waals surface area contributed by atoms with Gasteiger partial charge < -0.3 is 69.3 Å². The normalized spacial score (nSPS) is 19.0. The molecule has 0 bridgehead atoms. The highest BCUT2D eigenvalue weighted by Crippen LogP contribution is 2.45. The Morgan fingerprint density at radius 3 is 0.652 bits per heavy atom. The largest absolute Gasteiger partial charge is 0.396 e. The number of aliphatic hydroxyl groups excluding tert-OH is 8. The van der Waals surface area contributed by atoms with E-state index in [1.54, 1.807) is 35.3 Å². The molecule has 0 unspecified atom stereocenters. The molecule has 2 saturated carbocycles. The van der Waals surface area contributed by atoms with Crippen LogP contribution in [0.1, 0.15) is 222 Å². The van der Waals surface area contributed by atoms with E-state index in [-0.39, 0.29) is 125 Å². The highest BCUT2D eigenvalue weighted by molar-refractivity contribution is 8.17. The van der Waals surface area contributed by atoms with Crippen LogP contribution in [-0.2, 0) is 105 Å². The number of hydrogen-bond acceptors (Lipinski definition) is 36. The Morgan fingerprint density at radius 2 is 0.438 bits per heavy atom. The van der Waals surface area contributed by atoms with Crippen molar-refractivity contribution in [3.8, 4) is 0 Å². The van der Waals surface area contributed by atoms with Crippen LogP contribution in [0.15, 0.2) is 0 Å². The lowest BCUT2D eigenvalue weighted by Crippen LogP contribution is -2.43. The van der Waals surface area contributed by atoms with Gasteiger partial charge in [-0.2, -0.15) is 124 Å². The van der Waals surface area contributed by atoms with Gasteiger partial charge in [0.15, 0.2) is 0 Å². The van der Waals surface area contributed by atoms with Crippen LogP contribution in [0, 0.1) is 43.3 Å². The summed E-state index contributed by atoms with van der Waals surface area (Å²) in [5.74, 6) is 8.33. The van der Waals surface area contributed by atoms with E-state index in [2.05, 4.69) is 78.9 Å². The van der Waals surface area contributed by atoms with Crippen LogP contribution in [0.5, 0.6) is 0 Å². The van der Waals surface area contributed by atoms with Crippen LogP contribution in [0.25, 0.3) is 0 Å². The average Bonchev–Trinajstić information content (AvgIpc) is 0.820. The lowest BCUT2D eigenvalue weighted by molar-refractivity contribution is -0.193. The van der Waals surface area contributed by atoms with Gasteiger partial charge in [0.2, 0.25) is 0 Å². The van der Waals surface area contributed by atoms with E-state index in [4.69, 9.17) is 146 Å². The molecule has 8 N–H and O–H groups in total. The molecule has 2 aliphatic carbocycles. The minimum absolute atomic E-state index is 0.0104. The molecule has 36 heteroatoms. The number of ether oxygens (including phenoxy) is 6. The number of rotatable bonds is 24. The van der Waals surface area contributed by atoms with E-state index < -0.39 is 5.41 Å². The second-order valence-electron chi connectivity index (χ2n) is 27.9. The van der Waals surface area contributed by atoms with Crippen molar-refractivity contribution in [3.05, 3.63) is 0 Å². The fourth-order valence-corrected chi connectivity index (χ4v) is 21.2. The maximum Gasteiger partial charge on any atom is 0.373 e. The summed E-state index contributed by atoms with van der Waals surface area (Å²) in [5.41, 5.74) is 1.06. The minimum atomic E-state index is -0.571. The molecule has 0 aromatic rings. The first-order valence-electron chi connectivity index (χ1n) is 37.7. The van der Waals surface area contributed by atoms with Gasteiger partial charge in [0.25, 0.3) is 0 Å². The molecule has 0 radical (unpaired) electrons. The van der Waals surface area contributed by atoms with Gasteiger partial charge in [0.05, 0.1) is 110 Å². The molecule has 8 fully saturated rings. The van der Waals surface area contributed by atoms with Gasteiger partial charge in [-0.25, -0.2) is 0 Å². The molecule has 6 saturated heterocycles. The fraction of sp³-hybridized carbons (Fsp3) is 0.895. The molecular formula is C76H136O30S6. The summed E-state index contributed by atoms with van der Waals surface area (Å²) in [6.45, 7) is 23.5. The Morgan fingerprint density at radius 1 is 0.232 bits per heavy atom. The standard InChI is InChI=1S/C12H24.C10H20O2.C10H20OS.C10H20S2.C8H16O2.C6H12O4.C6H12O3S.C6H12O2S2.8CO2/c1-3-8-12(9-4-2)10-6-5-7-11-12;3*1-3-5-10(6-4-2)7-11-9-12-8-10;9-6-8(7-10)4-2-1-3-5-8;3*7-1-6(2-8)3-9-5-10-4-6;8*2-1-3/h3-11H2,1-2H3;3*3-9H2,1-2H3;9-10H,1-7H2;3*7-8H,1-5H2;;;;;;;;. The number of carbonyl (C=O) groups excluding carboxylic acids is 16. The third kappa shape index (κ3) is 67.6. The number of thioether (sulfide) groups is 6. The van der Waals surface area contributed by atoms with Crippen molar-refractivity contribution in [2.45, 2.75) is 222 Å². The van der Waals surface area contributed by atoms with Crippen molar-refractivity contribution < 1.29 is 146 Å². The van der Waals surface area contributed by atoms with Gasteiger partial charge in [-0.15, -0.1) is 23.5 Å². The van der Waals surface area contributed by atoms with Crippen molar-refractivity contribution in [2.75, 3.05) is 163 Å². The van der Waals surface area contributed by atoms with E-state index in [9.17, 15) is 0 Å². The second kappa shape index (κ2) is 89.9. The van der Waals surface area contributed by atoms with Crippen LogP contribution in [0.4, 0.5) is 0 Å². The molecule has 8 rings (SSSR count). The molecule has 0 amide bonds. The SMILES string of the molecule is CCCC1(CCC)CCCCC1.CCCC1(CCC)COCOC1.CCCC1(CCC)COCSC1.CCCC1(CCC)CSCSC1.O=C=O.O=C=O.O=C=O.O=C=O.O=C=O.O=C=O.O=C=O.O=C=O.OCC1(CO)CCCCC1.OCC1(CO)COCOC1.OCC1(CO)COCSC1.OCC1(CO)CSCSC1. The van der Waals surface area contributed by atoms with Crippen LogP contribution in [0.3, 0.4) is 0 Å². The summed E-state index contributed by atoms with van der Waals surface area (Å²) in [5, 5.41) is 73.7. The van der Waals surface area contributed by atoms with E-state index in [1.807, 2.05) is 11.8 Å². The molecule has 656 valence electrons. The topological polar surface area (TPSA) is 490 Å². The quantitative estimate of drug-likeness (QED) is 0.0445. The molecule has 0 spiro atoms. The first-order valence-corrected chi connectivity index (χ1v) is 44.6. The molecule has 30 nitrogen and oxygen atoms in total. The lowest BCUT2D eigenvalue weighted by Gasteiger charge is -2.37. The van der Waals surface area contributed by atoms with Gasteiger partial charge in [-0.1, -0.05) is 145 Å². The predicted octanol–water partition coefficient (Wildman–Crippen LogP) is 9.71. The smallest absolute Gasteiger partial charge is 0.373 e. The fourth-order valence-electron chi connectivity index (χ4n) is 13.5. The predicted molar refractivity (Wildman–Crippen MR) is 421 cm³/mol. The maximum atomic E-state index is 8.98. The summed E-state index contributed by atoms with van der Waals surface area (Å²) >= 11 is 11.4. The van der Waals surface area contributed by atoms with Gasteiger partial charge in [0, 0.05) is 71.8 Å². The molecule has 0 aromatic heterocycles. The van der Waals surface area contributed by atoms with E-state index >= 15 is 0 Å². The lowest BCUT2D eigenvalue weighted by atomic mass is 9.69.